The fourth-order valence-corrected chi connectivity index (χ4v) is 13.9. The number of hydrogen-bond donors (Lipinski definition) is 3. The lowest BCUT2D eigenvalue weighted by Gasteiger charge is -2.15. The van der Waals surface area contributed by atoms with Crippen LogP contribution in [0.15, 0.2) is 278 Å². The fraction of sp³-hybridized carbons (Fsp3) is 0.115. The molecule has 0 bridgehead atoms. The maximum atomic E-state index is 12.1. The van der Waals surface area contributed by atoms with Crippen LogP contribution in [0.3, 0.4) is 0 Å². The third-order valence-electron chi connectivity index (χ3n) is 20.7. The number of pyridine rings is 1. The number of sulfonamides is 1. The number of benzene rings is 9. The Hall–Kier alpha value is -16.8. The summed E-state index contributed by atoms with van der Waals surface area (Å²) < 4.78 is 49.1. The van der Waals surface area contributed by atoms with Gasteiger partial charge in [-0.2, -0.15) is 18.5 Å². The molecule has 3 N–H and O–H groups in total. The standard InChI is InChI=1S/C20H15NO3.C18H15NO2.C17H16N2O2S.C17H14N2O2.2C16H14N4O/c1-3-12-23-18-10-8-15(13-14(18)2)9-11-19-21-17-7-5-4-6-16(17)20(22)24-19;1-12-7-8-14(11-13(12)2)9-10-17-19-16-6-4-3-5-15(16)18(20)21-17;1-12-7-8-14(11-13(12)2)9-10-17-18-15-5-3-4-6-16(15)22(20,21)19-17;1-11-5-6-13(10-12(11)2)7-8-15-19-16-14(17(20)21-15)4-3-9-18-16;1-10-3-4-12(7-11(10)2)5-6-14-19-15-13(16(21)20-14)8-17-9-18-15;1-10-3-4-12(9-11(10)2)5-6-14-18-15-13(16(21)19-14)7-8-17-20-15/h1,4-11,13H,12H2,2H3;3-11H,1-2H3;3-11H,1-2H3,(H,18,19);3-10H,1-2H3;3-9H,1-2H3,(H,17,18,19,20,21);3-9H,1-2H3,(H,18,19,20,21)/b11-9+;2*10-9+;8-7+;2*6-5+. The molecule has 9 heterocycles. The first-order valence-corrected chi connectivity index (χ1v) is 42.4. The smallest absolute Gasteiger partial charge is 0.348 e. The Labute approximate surface area is 747 Å². The molecule has 1 aliphatic rings. The second kappa shape index (κ2) is 42.3. The molecule has 17 aromatic rings. The SMILES string of the molecule is C#CCOc1ccc(/C=C/c2nc3ccccc3c(=O)o2)cc1C.Cc1ccc(/C=C/C2=NS(=O)(=O)c3ccccc3N2)cc1C.Cc1ccc(/C=C/c2nc3ccccc3c(=O)o2)cc1C.Cc1ccc(/C=C/c2nc3ncccc3c(=O)o2)cc1C.Cc1ccc(/C=C/c2nc3ncncc3c(=O)[nH]2)cc1C.Cc1ccc(/C=C/c2nc3nnccc3c(=O)[nH]2)cc1C. The fourth-order valence-electron chi connectivity index (χ4n) is 12.8. The minimum absolute atomic E-state index is 0.207. The van der Waals surface area contributed by atoms with Crippen molar-refractivity contribution >= 4 is 143 Å². The quantitative estimate of drug-likeness (QED) is 0.0851. The highest BCUT2D eigenvalue weighted by Crippen LogP contribution is 2.28. The number of aromatic nitrogens is 12. The molecule has 0 aliphatic carbocycles. The van der Waals surface area contributed by atoms with Gasteiger partial charge in [-0.15, -0.1) is 15.9 Å². The van der Waals surface area contributed by atoms with Gasteiger partial charge in [0.25, 0.3) is 21.1 Å². The molecule has 0 fully saturated rings. The zero-order valence-electron chi connectivity index (χ0n) is 72.9. The maximum absolute atomic E-state index is 12.1. The number of rotatable bonds is 14. The molecule has 0 saturated heterocycles. The second-order valence-corrected chi connectivity index (χ2v) is 31.7. The molecule has 1 aliphatic heterocycles. The van der Waals surface area contributed by atoms with Gasteiger partial charge in [0.05, 0.1) is 39.1 Å². The molecule has 26 heteroatoms. The van der Waals surface area contributed by atoms with Crippen molar-refractivity contribution in [1.82, 2.24) is 60.0 Å². The van der Waals surface area contributed by atoms with E-state index in [-0.39, 0.29) is 40.0 Å². The van der Waals surface area contributed by atoms with Crippen LogP contribution < -0.4 is 38.0 Å². The number of H-pyrrole nitrogens is 2. The van der Waals surface area contributed by atoms with E-state index in [0.29, 0.717) is 84.0 Å². The molecule has 130 heavy (non-hydrogen) atoms. The number of para-hydroxylation sites is 3. The van der Waals surface area contributed by atoms with Gasteiger partial charge in [-0.3, -0.25) is 9.59 Å². The minimum atomic E-state index is -3.64. The van der Waals surface area contributed by atoms with Gasteiger partial charge in [0.15, 0.2) is 16.9 Å². The molecule has 25 nitrogen and oxygen atoms in total. The first-order valence-electron chi connectivity index (χ1n) is 41.0. The number of terminal acetylenes is 1. The number of aryl methyl sites for hydroxylation is 11. The predicted octanol–water partition coefficient (Wildman–Crippen LogP) is 19.6. The molecule has 0 unspecified atom stereocenters. The van der Waals surface area contributed by atoms with Crippen molar-refractivity contribution in [3.05, 3.63) is 407 Å². The number of nitrogens with zero attached hydrogens (tertiary/aromatic N) is 11. The number of nitrogens with one attached hydrogen (secondary N) is 3. The molecule has 18 rings (SSSR count). The van der Waals surface area contributed by atoms with Crippen molar-refractivity contribution in [2.24, 2.45) is 4.40 Å². The molecule has 0 radical (unpaired) electrons. The van der Waals surface area contributed by atoms with Crippen LogP contribution in [0.4, 0.5) is 5.69 Å². The van der Waals surface area contributed by atoms with Crippen molar-refractivity contribution in [3.63, 3.8) is 0 Å². The number of fused-ring (bicyclic) bond motifs is 6. The number of anilines is 1. The van der Waals surface area contributed by atoms with Gasteiger partial charge in [0.1, 0.15) is 51.8 Å². The molecule has 8 aromatic heterocycles. The Kier molecular flexibility index (Phi) is 29.6. The Morgan fingerprint density at radius 2 is 0.800 bits per heavy atom. The van der Waals surface area contributed by atoms with E-state index in [4.69, 9.17) is 24.4 Å². The Bertz CT molecular complexity index is 7270. The topological polar surface area (TPSA) is 353 Å². The van der Waals surface area contributed by atoms with Crippen LogP contribution in [0.25, 0.3) is 122 Å². The van der Waals surface area contributed by atoms with Crippen LogP contribution in [0, 0.1) is 88.5 Å². The van der Waals surface area contributed by atoms with E-state index in [0.717, 1.165) is 44.7 Å². The van der Waals surface area contributed by atoms with Gasteiger partial charge in [0.2, 0.25) is 17.7 Å². The summed E-state index contributed by atoms with van der Waals surface area (Å²) in [4.78, 5) is 98.5. The second-order valence-electron chi connectivity index (χ2n) is 30.2. The largest absolute Gasteiger partial charge is 0.481 e. The van der Waals surface area contributed by atoms with E-state index in [9.17, 15) is 32.4 Å². The Morgan fingerprint density at radius 1 is 0.385 bits per heavy atom. The van der Waals surface area contributed by atoms with E-state index >= 15 is 0 Å². The van der Waals surface area contributed by atoms with Crippen molar-refractivity contribution in [2.75, 3.05) is 11.9 Å². The van der Waals surface area contributed by atoms with Crippen LogP contribution in [0.5, 0.6) is 5.75 Å². The molecule has 0 atom stereocenters. The summed E-state index contributed by atoms with van der Waals surface area (Å²) in [5.74, 6) is 5.28. The number of aromatic amines is 2. The van der Waals surface area contributed by atoms with Crippen LogP contribution in [-0.2, 0) is 10.0 Å². The summed E-state index contributed by atoms with van der Waals surface area (Å²) in [6, 6.07) is 62.4. The predicted molar refractivity (Wildman–Crippen MR) is 518 cm³/mol. The van der Waals surface area contributed by atoms with Gasteiger partial charge >= 0.3 is 16.9 Å². The lowest BCUT2D eigenvalue weighted by molar-refractivity contribution is 0.368. The summed E-state index contributed by atoms with van der Waals surface area (Å²) in [5.41, 5.74) is 20.7. The lowest BCUT2D eigenvalue weighted by Crippen LogP contribution is -2.19. The van der Waals surface area contributed by atoms with Gasteiger partial charge in [-0.25, -0.2) is 49.3 Å². The number of ether oxygens (including phenoxy) is 1. The Morgan fingerprint density at radius 3 is 1.29 bits per heavy atom. The maximum Gasteiger partial charge on any atom is 0.348 e. The van der Waals surface area contributed by atoms with Crippen LogP contribution in [0.2, 0.25) is 0 Å². The van der Waals surface area contributed by atoms with Gasteiger partial charge in [-0.1, -0.05) is 158 Å². The zero-order valence-corrected chi connectivity index (χ0v) is 73.7. The van der Waals surface area contributed by atoms with E-state index in [2.05, 4.69) is 193 Å². The summed E-state index contributed by atoms with van der Waals surface area (Å²) in [5, 5.41) is 12.8. The number of amidine groups is 1. The van der Waals surface area contributed by atoms with E-state index in [1.54, 1.807) is 122 Å². The molecule has 9 aromatic carbocycles. The van der Waals surface area contributed by atoms with Crippen molar-refractivity contribution in [2.45, 2.75) is 81.1 Å². The van der Waals surface area contributed by atoms with Crippen LogP contribution in [-0.4, -0.2) is 80.9 Å². The van der Waals surface area contributed by atoms with Crippen molar-refractivity contribution in [1.29, 1.82) is 0 Å². The van der Waals surface area contributed by atoms with E-state index in [1.165, 1.54) is 74.4 Å². The van der Waals surface area contributed by atoms with Gasteiger partial charge in [-0.05, 0) is 274 Å². The third kappa shape index (κ3) is 24.2. The molecule has 0 spiro atoms. The molecular weight excluding hydrogens is 1650 g/mol. The third-order valence-corrected chi connectivity index (χ3v) is 22.1. The highest BCUT2D eigenvalue weighted by Gasteiger charge is 2.23. The molecular formula is C104H88N14O11S. The average Bonchev–Trinajstić information content (AvgIpc) is 0.780. The van der Waals surface area contributed by atoms with Gasteiger partial charge < -0.3 is 33.3 Å². The summed E-state index contributed by atoms with van der Waals surface area (Å²) in [6.07, 6.45) is 32.7. The minimum Gasteiger partial charge on any atom is -0.481 e. The summed E-state index contributed by atoms with van der Waals surface area (Å²) >= 11 is 0. The van der Waals surface area contributed by atoms with Crippen molar-refractivity contribution < 1.29 is 26.4 Å². The zero-order chi connectivity index (χ0) is 92.0. The van der Waals surface area contributed by atoms with E-state index < -0.39 is 21.3 Å². The molecule has 0 amide bonds. The monoisotopic (exact) mass is 1740 g/mol. The highest BCUT2D eigenvalue weighted by molar-refractivity contribution is 7.90. The van der Waals surface area contributed by atoms with Crippen molar-refractivity contribution in [3.8, 4) is 18.1 Å². The van der Waals surface area contributed by atoms with Gasteiger partial charge in [0, 0.05) is 30.6 Å². The summed E-state index contributed by atoms with van der Waals surface area (Å²) in [7, 11) is -3.64. The Balaban J connectivity index is 0.000000133. The van der Waals surface area contributed by atoms with E-state index in [1.807, 2.05) is 117 Å². The first kappa shape index (κ1) is 90.9. The van der Waals surface area contributed by atoms with Crippen LogP contribution in [0.1, 0.15) is 124 Å². The highest BCUT2D eigenvalue weighted by atomic mass is 32.2. The summed E-state index contributed by atoms with van der Waals surface area (Å²) in [6.45, 7) is 22.8. The normalized spacial score (nSPS) is 12.0. The molecule has 0 saturated carbocycles. The van der Waals surface area contributed by atoms with Crippen LogP contribution >= 0.6 is 0 Å². The first-order chi connectivity index (χ1) is 62.6. The number of hydrogen-bond acceptors (Lipinski definition) is 22. The lowest BCUT2D eigenvalue weighted by atomic mass is 10.1. The average molecular weight is 1740 g/mol. The molecule has 646 valence electrons.